The van der Waals surface area contributed by atoms with Crippen molar-refractivity contribution in [3.8, 4) is 0 Å². The van der Waals surface area contributed by atoms with Crippen molar-refractivity contribution in [1.82, 2.24) is 0 Å². The Kier molecular flexibility index (Phi) is 3.68. The molecule has 0 amide bonds. The topological polar surface area (TPSA) is 17.1 Å². The van der Waals surface area contributed by atoms with E-state index in [4.69, 9.17) is 0 Å². The molecule has 1 aliphatic carbocycles. The van der Waals surface area contributed by atoms with E-state index in [9.17, 15) is 4.79 Å². The average Bonchev–Trinajstić information content (AvgIpc) is 2.45. The first-order valence-corrected chi connectivity index (χ1v) is 7.52. The summed E-state index contributed by atoms with van der Waals surface area (Å²) >= 11 is 0. The van der Waals surface area contributed by atoms with E-state index in [1.165, 1.54) is 24.8 Å². The maximum absolute atomic E-state index is 12.6. The van der Waals surface area contributed by atoms with Crippen molar-refractivity contribution in [2.45, 2.75) is 38.5 Å². The number of aryl methyl sites for hydroxylation is 1. The van der Waals surface area contributed by atoms with Gasteiger partial charge in [-0.3, -0.25) is 4.79 Å². The van der Waals surface area contributed by atoms with Gasteiger partial charge in [-0.2, -0.15) is 0 Å². The third kappa shape index (κ3) is 2.40. The molecule has 102 valence electrons. The number of benzene rings is 2. The van der Waals surface area contributed by atoms with Gasteiger partial charge >= 0.3 is 0 Å². The normalized spacial score (nSPS) is 14.8. The number of hydrogen-bond donors (Lipinski definition) is 0. The van der Waals surface area contributed by atoms with Crippen molar-refractivity contribution in [3.63, 3.8) is 0 Å². The Morgan fingerprint density at radius 2 is 1.75 bits per heavy atom. The molecule has 0 radical (unpaired) electrons. The summed E-state index contributed by atoms with van der Waals surface area (Å²) in [7, 11) is 0. The molecule has 0 aromatic heterocycles. The van der Waals surface area contributed by atoms with E-state index in [2.05, 4.69) is 19.1 Å². The van der Waals surface area contributed by atoms with Gasteiger partial charge in [0, 0.05) is 11.1 Å². The van der Waals surface area contributed by atoms with Crippen LogP contribution in [0.3, 0.4) is 0 Å². The van der Waals surface area contributed by atoms with Crippen LogP contribution in [0, 0.1) is 0 Å². The zero-order valence-electron chi connectivity index (χ0n) is 11.9. The highest BCUT2D eigenvalue weighted by Gasteiger charge is 2.20. The molecule has 0 aliphatic heterocycles. The van der Waals surface area contributed by atoms with Crippen molar-refractivity contribution in [3.05, 3.63) is 70.8 Å². The Morgan fingerprint density at radius 3 is 2.35 bits per heavy atom. The second-order valence-electron chi connectivity index (χ2n) is 5.59. The van der Waals surface area contributed by atoms with Crippen LogP contribution in [0.5, 0.6) is 0 Å². The summed E-state index contributed by atoms with van der Waals surface area (Å²) in [6.07, 6.45) is 4.83. The second kappa shape index (κ2) is 5.62. The predicted octanol–water partition coefficient (Wildman–Crippen LogP) is 4.75. The number of hydrogen-bond acceptors (Lipinski definition) is 1. The minimum atomic E-state index is 0.141. The lowest BCUT2D eigenvalue weighted by atomic mass is 9.80. The SMILES string of the molecule is CCc1ccccc1C(=O)c1ccc(C2CCC2)cc1. The van der Waals surface area contributed by atoms with Crippen LogP contribution >= 0.6 is 0 Å². The summed E-state index contributed by atoms with van der Waals surface area (Å²) in [5, 5.41) is 0. The summed E-state index contributed by atoms with van der Waals surface area (Å²) in [6, 6.07) is 16.1. The minimum absolute atomic E-state index is 0.141. The van der Waals surface area contributed by atoms with E-state index < -0.39 is 0 Å². The first kappa shape index (κ1) is 13.1. The van der Waals surface area contributed by atoms with Crippen LogP contribution in [0.2, 0.25) is 0 Å². The van der Waals surface area contributed by atoms with Crippen LogP contribution in [-0.4, -0.2) is 5.78 Å². The molecule has 1 saturated carbocycles. The van der Waals surface area contributed by atoms with Crippen molar-refractivity contribution in [2.24, 2.45) is 0 Å². The van der Waals surface area contributed by atoms with Crippen LogP contribution in [-0.2, 0) is 6.42 Å². The van der Waals surface area contributed by atoms with Crippen LogP contribution in [0.25, 0.3) is 0 Å². The molecule has 2 aromatic rings. The highest BCUT2D eigenvalue weighted by molar-refractivity contribution is 6.09. The molecule has 0 spiro atoms. The van der Waals surface area contributed by atoms with E-state index in [0.29, 0.717) is 0 Å². The smallest absolute Gasteiger partial charge is 0.193 e. The molecule has 2 aromatic carbocycles. The summed E-state index contributed by atoms with van der Waals surface area (Å²) in [4.78, 5) is 12.6. The molecule has 1 heteroatoms. The largest absolute Gasteiger partial charge is 0.289 e. The molecule has 0 atom stereocenters. The first-order chi connectivity index (χ1) is 9.79. The monoisotopic (exact) mass is 264 g/mol. The predicted molar refractivity (Wildman–Crippen MR) is 82.3 cm³/mol. The van der Waals surface area contributed by atoms with Gasteiger partial charge in [-0.15, -0.1) is 0 Å². The Labute approximate surface area is 120 Å². The fraction of sp³-hybridized carbons (Fsp3) is 0.316. The molecule has 1 aliphatic rings. The molecule has 3 rings (SSSR count). The number of ketones is 1. The van der Waals surface area contributed by atoms with Gasteiger partial charge in [-0.1, -0.05) is 61.9 Å². The first-order valence-electron chi connectivity index (χ1n) is 7.52. The third-order valence-corrected chi connectivity index (χ3v) is 4.39. The lowest BCUT2D eigenvalue weighted by Crippen LogP contribution is -2.09. The maximum Gasteiger partial charge on any atom is 0.193 e. The molecule has 0 saturated heterocycles. The quantitative estimate of drug-likeness (QED) is 0.728. The second-order valence-corrected chi connectivity index (χ2v) is 5.59. The zero-order valence-corrected chi connectivity index (χ0v) is 11.9. The molecule has 0 heterocycles. The van der Waals surface area contributed by atoms with Crippen LogP contribution in [0.1, 0.15) is 59.2 Å². The van der Waals surface area contributed by atoms with Gasteiger partial charge in [0.2, 0.25) is 0 Å². The molecule has 0 bridgehead atoms. The van der Waals surface area contributed by atoms with E-state index in [-0.39, 0.29) is 5.78 Å². The number of carbonyl (C=O) groups excluding carboxylic acids is 1. The molecule has 0 N–H and O–H groups in total. The lowest BCUT2D eigenvalue weighted by molar-refractivity contribution is 0.103. The summed E-state index contributed by atoms with van der Waals surface area (Å²) in [6.45, 7) is 2.09. The Balaban J connectivity index is 1.86. The average molecular weight is 264 g/mol. The highest BCUT2D eigenvalue weighted by Crippen LogP contribution is 2.36. The highest BCUT2D eigenvalue weighted by atomic mass is 16.1. The zero-order chi connectivity index (χ0) is 13.9. The van der Waals surface area contributed by atoms with Crippen LogP contribution in [0.15, 0.2) is 48.5 Å². The van der Waals surface area contributed by atoms with Gasteiger partial charge in [0.1, 0.15) is 0 Å². The summed E-state index contributed by atoms with van der Waals surface area (Å²) in [5.74, 6) is 0.865. The van der Waals surface area contributed by atoms with E-state index in [1.54, 1.807) is 0 Å². The van der Waals surface area contributed by atoms with Gasteiger partial charge in [-0.05, 0) is 36.3 Å². The third-order valence-electron chi connectivity index (χ3n) is 4.39. The van der Waals surface area contributed by atoms with Gasteiger partial charge in [0.25, 0.3) is 0 Å². The van der Waals surface area contributed by atoms with E-state index >= 15 is 0 Å². The van der Waals surface area contributed by atoms with Gasteiger partial charge in [-0.25, -0.2) is 0 Å². The Hall–Kier alpha value is -1.89. The maximum atomic E-state index is 12.6. The van der Waals surface area contributed by atoms with E-state index in [1.807, 2.05) is 36.4 Å². The molecule has 20 heavy (non-hydrogen) atoms. The van der Waals surface area contributed by atoms with Crippen molar-refractivity contribution in [2.75, 3.05) is 0 Å². The molecule has 1 nitrogen and oxygen atoms in total. The summed E-state index contributed by atoms with van der Waals surface area (Å²) < 4.78 is 0. The number of rotatable bonds is 4. The van der Waals surface area contributed by atoms with Gasteiger partial charge in [0.05, 0.1) is 0 Å². The lowest BCUT2D eigenvalue weighted by Gasteiger charge is -2.25. The van der Waals surface area contributed by atoms with Crippen molar-refractivity contribution in [1.29, 1.82) is 0 Å². The van der Waals surface area contributed by atoms with Crippen molar-refractivity contribution < 1.29 is 4.79 Å². The minimum Gasteiger partial charge on any atom is -0.289 e. The molecular formula is C19H20O. The standard InChI is InChI=1S/C19H20O/c1-2-14-6-3-4-9-18(14)19(20)17-12-10-16(11-13-17)15-7-5-8-15/h3-4,6,9-13,15H,2,5,7-8H2,1H3. The molecule has 1 fully saturated rings. The van der Waals surface area contributed by atoms with Gasteiger partial charge < -0.3 is 0 Å². The number of carbonyl (C=O) groups is 1. The summed E-state index contributed by atoms with van der Waals surface area (Å²) in [5.41, 5.74) is 4.15. The Morgan fingerprint density at radius 1 is 1.05 bits per heavy atom. The van der Waals surface area contributed by atoms with Crippen LogP contribution in [0.4, 0.5) is 0 Å². The van der Waals surface area contributed by atoms with E-state index in [0.717, 1.165) is 29.0 Å². The van der Waals surface area contributed by atoms with Crippen molar-refractivity contribution >= 4 is 5.78 Å². The van der Waals surface area contributed by atoms with Gasteiger partial charge in [0.15, 0.2) is 5.78 Å². The molecular weight excluding hydrogens is 244 g/mol. The van der Waals surface area contributed by atoms with Crippen LogP contribution < -0.4 is 0 Å². The molecule has 0 unspecified atom stereocenters. The Bertz CT molecular complexity index is 606. The fourth-order valence-corrected chi connectivity index (χ4v) is 2.85. The fourth-order valence-electron chi connectivity index (χ4n) is 2.85.